The Labute approximate surface area is 144 Å². The molecule has 0 aliphatic rings. The molecule has 2 aromatic rings. The summed E-state index contributed by atoms with van der Waals surface area (Å²) in [5.41, 5.74) is 5.54. The molecule has 0 fully saturated rings. The largest absolute Gasteiger partial charge is 0.339 e. The van der Waals surface area contributed by atoms with E-state index in [0.717, 1.165) is 18.4 Å². The normalized spacial score (nSPS) is 10.4. The number of benzene rings is 1. The number of halogens is 1. The Hall–Kier alpha value is -2.41. The Kier molecular flexibility index (Phi) is 6.74. The SMILES string of the molecule is CCCc1noc(CCC(=O)NNC(=O)Cc2ccc(Cl)cc2)n1. The molecular weight excluding hydrogens is 332 g/mol. The Morgan fingerprint density at radius 3 is 2.54 bits per heavy atom. The van der Waals surface area contributed by atoms with E-state index in [2.05, 4.69) is 21.0 Å². The molecule has 0 aliphatic carbocycles. The molecule has 2 N–H and O–H groups in total. The second-order valence-corrected chi connectivity index (χ2v) is 5.69. The minimum Gasteiger partial charge on any atom is -0.339 e. The number of hydrazine groups is 1. The number of hydrogen-bond donors (Lipinski definition) is 2. The highest BCUT2D eigenvalue weighted by Crippen LogP contribution is 2.09. The highest BCUT2D eigenvalue weighted by molar-refractivity contribution is 6.30. The highest BCUT2D eigenvalue weighted by atomic mass is 35.5. The van der Waals surface area contributed by atoms with E-state index in [1.54, 1.807) is 24.3 Å². The zero-order valence-corrected chi connectivity index (χ0v) is 14.1. The Bertz CT molecular complexity index is 685. The van der Waals surface area contributed by atoms with Crippen molar-refractivity contribution in [3.05, 3.63) is 46.6 Å². The van der Waals surface area contributed by atoms with E-state index in [0.29, 0.717) is 23.2 Å². The van der Waals surface area contributed by atoms with Crippen molar-refractivity contribution in [3.8, 4) is 0 Å². The molecule has 2 amide bonds. The van der Waals surface area contributed by atoms with E-state index in [9.17, 15) is 9.59 Å². The van der Waals surface area contributed by atoms with Gasteiger partial charge in [0.05, 0.1) is 6.42 Å². The van der Waals surface area contributed by atoms with Gasteiger partial charge in [-0.1, -0.05) is 35.8 Å². The van der Waals surface area contributed by atoms with Crippen LogP contribution in [0, 0.1) is 0 Å². The number of rotatable bonds is 7. The molecule has 0 radical (unpaired) electrons. The van der Waals surface area contributed by atoms with Crippen molar-refractivity contribution in [2.24, 2.45) is 0 Å². The van der Waals surface area contributed by atoms with Crippen molar-refractivity contribution in [2.75, 3.05) is 0 Å². The molecule has 0 bridgehead atoms. The average Bonchev–Trinajstić information content (AvgIpc) is 3.01. The van der Waals surface area contributed by atoms with Gasteiger partial charge >= 0.3 is 0 Å². The zero-order valence-electron chi connectivity index (χ0n) is 13.3. The third-order valence-electron chi connectivity index (χ3n) is 3.17. The number of nitrogens with one attached hydrogen (secondary N) is 2. The third-order valence-corrected chi connectivity index (χ3v) is 3.42. The molecule has 0 saturated heterocycles. The quantitative estimate of drug-likeness (QED) is 0.744. The predicted octanol–water partition coefficient (Wildman–Crippen LogP) is 2.00. The van der Waals surface area contributed by atoms with Crippen molar-refractivity contribution in [3.63, 3.8) is 0 Å². The average molecular weight is 351 g/mol. The van der Waals surface area contributed by atoms with Crippen LogP contribution in [0.4, 0.5) is 0 Å². The van der Waals surface area contributed by atoms with E-state index >= 15 is 0 Å². The fourth-order valence-corrected chi connectivity index (χ4v) is 2.10. The Morgan fingerprint density at radius 1 is 1.12 bits per heavy atom. The lowest BCUT2D eigenvalue weighted by Crippen LogP contribution is -2.42. The van der Waals surface area contributed by atoms with Crippen LogP contribution in [0.2, 0.25) is 5.02 Å². The third kappa shape index (κ3) is 6.00. The maximum atomic E-state index is 11.8. The van der Waals surface area contributed by atoms with Crippen molar-refractivity contribution in [1.29, 1.82) is 0 Å². The molecule has 0 spiro atoms. The fraction of sp³-hybridized carbons (Fsp3) is 0.375. The zero-order chi connectivity index (χ0) is 17.4. The molecule has 0 aliphatic heterocycles. The Balaban J connectivity index is 1.68. The molecule has 8 heteroatoms. The number of carbonyl (C=O) groups is 2. The summed E-state index contributed by atoms with van der Waals surface area (Å²) in [6.45, 7) is 2.02. The van der Waals surface area contributed by atoms with E-state index in [-0.39, 0.29) is 24.7 Å². The molecular formula is C16H19ClN4O3. The van der Waals surface area contributed by atoms with Crippen LogP contribution in [0.15, 0.2) is 28.8 Å². The second kappa shape index (κ2) is 9.02. The fourth-order valence-electron chi connectivity index (χ4n) is 1.97. The van der Waals surface area contributed by atoms with Crippen molar-refractivity contribution < 1.29 is 14.1 Å². The van der Waals surface area contributed by atoms with Crippen LogP contribution in [0.1, 0.15) is 37.0 Å². The second-order valence-electron chi connectivity index (χ2n) is 5.25. The van der Waals surface area contributed by atoms with Crippen LogP contribution in [-0.2, 0) is 28.9 Å². The molecule has 0 atom stereocenters. The summed E-state index contributed by atoms with van der Waals surface area (Å²) >= 11 is 5.78. The van der Waals surface area contributed by atoms with Gasteiger partial charge in [-0.2, -0.15) is 4.98 Å². The first-order valence-electron chi connectivity index (χ1n) is 7.70. The molecule has 0 saturated carbocycles. The molecule has 7 nitrogen and oxygen atoms in total. The lowest BCUT2D eigenvalue weighted by molar-refractivity contribution is -0.128. The summed E-state index contributed by atoms with van der Waals surface area (Å²) in [4.78, 5) is 27.6. The Morgan fingerprint density at radius 2 is 1.83 bits per heavy atom. The van der Waals surface area contributed by atoms with Crippen molar-refractivity contribution >= 4 is 23.4 Å². The van der Waals surface area contributed by atoms with E-state index in [1.807, 2.05) is 6.92 Å². The summed E-state index contributed by atoms with van der Waals surface area (Å²) in [5, 5.41) is 4.42. The first-order chi connectivity index (χ1) is 11.6. The predicted molar refractivity (Wildman–Crippen MR) is 88.1 cm³/mol. The van der Waals surface area contributed by atoms with E-state index in [4.69, 9.17) is 16.1 Å². The molecule has 128 valence electrons. The van der Waals surface area contributed by atoms with Crippen LogP contribution >= 0.6 is 11.6 Å². The lowest BCUT2D eigenvalue weighted by atomic mass is 10.1. The van der Waals surface area contributed by atoms with Crippen molar-refractivity contribution in [1.82, 2.24) is 21.0 Å². The maximum Gasteiger partial charge on any atom is 0.242 e. The van der Waals surface area contributed by atoms with Crippen LogP contribution < -0.4 is 10.9 Å². The van der Waals surface area contributed by atoms with E-state index in [1.165, 1.54) is 0 Å². The molecule has 2 rings (SSSR count). The topological polar surface area (TPSA) is 97.1 Å². The van der Waals surface area contributed by atoms with Gasteiger partial charge in [-0.25, -0.2) is 0 Å². The minimum absolute atomic E-state index is 0.148. The molecule has 1 aromatic heterocycles. The first-order valence-corrected chi connectivity index (χ1v) is 8.08. The molecule has 1 heterocycles. The molecule has 1 aromatic carbocycles. The van der Waals surface area contributed by atoms with Crippen LogP contribution in [0.3, 0.4) is 0 Å². The number of aryl methyl sites for hydroxylation is 2. The molecule has 0 unspecified atom stereocenters. The number of aromatic nitrogens is 2. The van der Waals surface area contributed by atoms with Gasteiger partial charge in [-0.3, -0.25) is 20.4 Å². The van der Waals surface area contributed by atoms with Crippen LogP contribution in [-0.4, -0.2) is 22.0 Å². The van der Waals surface area contributed by atoms with Gasteiger partial charge in [0, 0.05) is 24.3 Å². The van der Waals surface area contributed by atoms with Gasteiger partial charge in [0.25, 0.3) is 0 Å². The highest BCUT2D eigenvalue weighted by Gasteiger charge is 2.10. The van der Waals surface area contributed by atoms with Gasteiger partial charge in [0.1, 0.15) is 0 Å². The number of nitrogens with zero attached hydrogens (tertiary/aromatic N) is 2. The summed E-state index contributed by atoms with van der Waals surface area (Å²) in [6, 6.07) is 6.93. The monoisotopic (exact) mass is 350 g/mol. The number of carbonyl (C=O) groups excluding carboxylic acids is 2. The van der Waals surface area contributed by atoms with Gasteiger partial charge in [0.15, 0.2) is 5.82 Å². The van der Waals surface area contributed by atoms with Crippen LogP contribution in [0.5, 0.6) is 0 Å². The lowest BCUT2D eigenvalue weighted by Gasteiger charge is -2.06. The maximum absolute atomic E-state index is 11.8. The number of amides is 2. The molecule has 24 heavy (non-hydrogen) atoms. The van der Waals surface area contributed by atoms with Gasteiger partial charge in [-0.15, -0.1) is 0 Å². The first kappa shape index (κ1) is 17.9. The summed E-state index contributed by atoms with van der Waals surface area (Å²) in [7, 11) is 0. The number of hydrogen-bond acceptors (Lipinski definition) is 5. The standard InChI is InChI=1S/C16H19ClN4O3/c1-2-3-13-18-16(24-21-13)9-8-14(22)19-20-15(23)10-11-4-6-12(17)7-5-11/h4-7H,2-3,8-10H2,1H3,(H,19,22)(H,20,23). The summed E-state index contributed by atoms with van der Waals surface area (Å²) < 4.78 is 5.04. The minimum atomic E-state index is -0.324. The van der Waals surface area contributed by atoms with Gasteiger partial charge in [-0.05, 0) is 24.1 Å². The van der Waals surface area contributed by atoms with Crippen molar-refractivity contribution in [2.45, 2.75) is 39.0 Å². The van der Waals surface area contributed by atoms with E-state index < -0.39 is 0 Å². The summed E-state index contributed by atoms with van der Waals surface area (Å²) in [6.07, 6.45) is 2.31. The van der Waals surface area contributed by atoms with Gasteiger partial charge in [0.2, 0.25) is 17.7 Å². The smallest absolute Gasteiger partial charge is 0.242 e. The summed E-state index contributed by atoms with van der Waals surface area (Å²) in [5.74, 6) is 0.425. The van der Waals surface area contributed by atoms with Gasteiger partial charge < -0.3 is 4.52 Å². The van der Waals surface area contributed by atoms with Crippen LogP contribution in [0.25, 0.3) is 0 Å².